The summed E-state index contributed by atoms with van der Waals surface area (Å²) in [6, 6.07) is 1.80. The third-order valence-electron chi connectivity index (χ3n) is 2.30. The van der Waals surface area contributed by atoms with Crippen molar-refractivity contribution in [3.05, 3.63) is 34.4 Å². The van der Waals surface area contributed by atoms with Crippen molar-refractivity contribution in [1.82, 2.24) is 34.5 Å². The van der Waals surface area contributed by atoms with Crippen LogP contribution in [0.5, 0.6) is 0 Å². The van der Waals surface area contributed by atoms with E-state index in [1.807, 2.05) is 6.20 Å². The lowest BCUT2D eigenvalue weighted by Gasteiger charge is -2.06. The molecule has 3 aromatic rings. The van der Waals surface area contributed by atoms with Crippen molar-refractivity contribution >= 4 is 28.5 Å². The summed E-state index contributed by atoms with van der Waals surface area (Å²) in [5.74, 6) is 1.33. The van der Waals surface area contributed by atoms with Crippen LogP contribution in [-0.4, -0.2) is 41.6 Å². The number of aromatic nitrogens is 7. The first-order chi connectivity index (χ1) is 9.26. The molecule has 0 atom stereocenters. The van der Waals surface area contributed by atoms with Crippen LogP contribution in [0.2, 0.25) is 0 Å². The van der Waals surface area contributed by atoms with Gasteiger partial charge in [0.15, 0.2) is 0 Å². The van der Waals surface area contributed by atoms with Crippen LogP contribution in [0, 0.1) is 3.57 Å². The Bertz CT molecular complexity index is 689. The number of nitrogens with zero attached hydrogens (tertiary/aromatic N) is 7. The normalized spacial score (nSPS) is 10.6. The van der Waals surface area contributed by atoms with Gasteiger partial charge >= 0.3 is 0 Å². The Labute approximate surface area is 122 Å². The molecule has 1 N–H and O–H groups in total. The van der Waals surface area contributed by atoms with E-state index in [4.69, 9.17) is 0 Å². The summed E-state index contributed by atoms with van der Waals surface area (Å²) in [7, 11) is 1.75. The van der Waals surface area contributed by atoms with Gasteiger partial charge in [-0.25, -0.2) is 9.36 Å². The number of anilines is 1. The van der Waals surface area contributed by atoms with Crippen molar-refractivity contribution in [1.29, 1.82) is 0 Å². The van der Waals surface area contributed by atoms with Crippen LogP contribution in [0.3, 0.4) is 0 Å². The second kappa shape index (κ2) is 4.91. The molecule has 0 aliphatic rings. The first kappa shape index (κ1) is 12.0. The van der Waals surface area contributed by atoms with Crippen molar-refractivity contribution in [3.8, 4) is 11.9 Å². The summed E-state index contributed by atoms with van der Waals surface area (Å²) in [5.41, 5.74) is 0. The Morgan fingerprint density at radius 2 is 1.89 bits per heavy atom. The van der Waals surface area contributed by atoms with Crippen LogP contribution in [0.4, 0.5) is 5.95 Å². The van der Waals surface area contributed by atoms with Gasteiger partial charge in [0, 0.05) is 25.6 Å². The standard InChI is InChI=1S/C10H9IN8/c1-12-8-15-9(18-4-2-3-13-18)17-10(16-8)19-6-7(11)5-14-19/h2-6H,1H3,(H,12,15,16,17). The smallest absolute Gasteiger partial charge is 0.257 e. The van der Waals surface area contributed by atoms with Gasteiger partial charge < -0.3 is 5.32 Å². The maximum absolute atomic E-state index is 4.34. The molecule has 0 unspecified atom stereocenters. The van der Waals surface area contributed by atoms with Gasteiger partial charge in [-0.3, -0.25) is 0 Å². The molecule has 0 aliphatic heterocycles. The van der Waals surface area contributed by atoms with Crippen LogP contribution in [0.15, 0.2) is 30.9 Å². The molecule has 3 rings (SSSR count). The Morgan fingerprint density at radius 3 is 2.47 bits per heavy atom. The third-order valence-corrected chi connectivity index (χ3v) is 2.86. The molecule has 0 radical (unpaired) electrons. The Kier molecular flexibility index (Phi) is 3.11. The monoisotopic (exact) mass is 368 g/mol. The molecule has 0 saturated carbocycles. The number of hydrogen-bond acceptors (Lipinski definition) is 6. The van der Waals surface area contributed by atoms with E-state index in [-0.39, 0.29) is 0 Å². The fourth-order valence-electron chi connectivity index (χ4n) is 1.47. The average molecular weight is 368 g/mol. The SMILES string of the molecule is CNc1nc(-n2cccn2)nc(-n2cc(I)cn2)n1. The zero-order valence-electron chi connectivity index (χ0n) is 9.90. The van der Waals surface area contributed by atoms with E-state index in [9.17, 15) is 0 Å². The van der Waals surface area contributed by atoms with E-state index in [1.165, 1.54) is 0 Å². The largest absolute Gasteiger partial charge is 0.357 e. The molecule has 0 aliphatic carbocycles. The predicted molar refractivity (Wildman–Crippen MR) is 76.3 cm³/mol. The van der Waals surface area contributed by atoms with E-state index >= 15 is 0 Å². The van der Waals surface area contributed by atoms with E-state index in [1.54, 1.807) is 41.1 Å². The molecule has 0 aromatic carbocycles. The fourth-order valence-corrected chi connectivity index (χ4v) is 1.86. The molecule has 0 bridgehead atoms. The van der Waals surface area contributed by atoms with Gasteiger partial charge in [0.2, 0.25) is 5.95 Å². The summed E-state index contributed by atoms with van der Waals surface area (Å²) >= 11 is 2.18. The maximum atomic E-state index is 4.34. The highest BCUT2D eigenvalue weighted by molar-refractivity contribution is 14.1. The molecule has 3 aromatic heterocycles. The van der Waals surface area contributed by atoms with Crippen LogP contribution < -0.4 is 5.32 Å². The van der Waals surface area contributed by atoms with Gasteiger partial charge in [0.1, 0.15) is 0 Å². The summed E-state index contributed by atoms with van der Waals surface area (Å²) in [6.07, 6.45) is 7.00. The van der Waals surface area contributed by atoms with Gasteiger partial charge in [0.25, 0.3) is 11.9 Å². The second-order valence-corrected chi connectivity index (χ2v) is 4.81. The summed E-state index contributed by atoms with van der Waals surface area (Å²) < 4.78 is 4.17. The topological polar surface area (TPSA) is 86.3 Å². The quantitative estimate of drug-likeness (QED) is 0.691. The number of nitrogens with one attached hydrogen (secondary N) is 1. The van der Waals surface area contributed by atoms with E-state index in [0.717, 1.165) is 3.57 Å². The highest BCUT2D eigenvalue weighted by Gasteiger charge is 2.10. The molecule has 19 heavy (non-hydrogen) atoms. The third kappa shape index (κ3) is 2.41. The van der Waals surface area contributed by atoms with Gasteiger partial charge in [-0.1, -0.05) is 0 Å². The zero-order valence-corrected chi connectivity index (χ0v) is 12.1. The van der Waals surface area contributed by atoms with Gasteiger partial charge in [-0.15, -0.1) is 0 Å². The second-order valence-electron chi connectivity index (χ2n) is 3.56. The molecule has 9 heteroatoms. The minimum atomic E-state index is 0.435. The summed E-state index contributed by atoms with van der Waals surface area (Å²) in [4.78, 5) is 12.9. The highest BCUT2D eigenvalue weighted by Crippen LogP contribution is 2.10. The Morgan fingerprint density at radius 1 is 1.11 bits per heavy atom. The molecule has 8 nitrogen and oxygen atoms in total. The zero-order chi connectivity index (χ0) is 13.2. The van der Waals surface area contributed by atoms with E-state index < -0.39 is 0 Å². The van der Waals surface area contributed by atoms with Gasteiger partial charge in [-0.05, 0) is 28.7 Å². The molecule has 0 spiro atoms. The lowest BCUT2D eigenvalue weighted by Crippen LogP contribution is -2.11. The average Bonchev–Trinajstić information content (AvgIpc) is 3.09. The molecule has 96 valence electrons. The van der Waals surface area contributed by atoms with Gasteiger partial charge in [-0.2, -0.15) is 25.1 Å². The van der Waals surface area contributed by atoms with Crippen molar-refractivity contribution in [2.24, 2.45) is 0 Å². The predicted octanol–water partition coefficient (Wildman–Crippen LogP) is 0.889. The van der Waals surface area contributed by atoms with Crippen LogP contribution >= 0.6 is 22.6 Å². The molecule has 0 saturated heterocycles. The molecular formula is C10H9IN8. The number of rotatable bonds is 3. The molecular weight excluding hydrogens is 359 g/mol. The minimum Gasteiger partial charge on any atom is -0.357 e. The number of halogens is 1. The van der Waals surface area contributed by atoms with Crippen molar-refractivity contribution < 1.29 is 0 Å². The minimum absolute atomic E-state index is 0.435. The van der Waals surface area contributed by atoms with Crippen molar-refractivity contribution in [2.45, 2.75) is 0 Å². The maximum Gasteiger partial charge on any atom is 0.257 e. The molecule has 0 amide bonds. The van der Waals surface area contributed by atoms with Gasteiger partial charge in [0.05, 0.1) is 9.77 Å². The van der Waals surface area contributed by atoms with Crippen molar-refractivity contribution in [3.63, 3.8) is 0 Å². The molecule has 0 fully saturated rings. The highest BCUT2D eigenvalue weighted by atomic mass is 127. The molecule has 3 heterocycles. The number of hydrogen-bond donors (Lipinski definition) is 1. The van der Waals surface area contributed by atoms with Crippen LogP contribution in [-0.2, 0) is 0 Å². The van der Waals surface area contributed by atoms with Crippen LogP contribution in [0.1, 0.15) is 0 Å². The lowest BCUT2D eigenvalue weighted by molar-refractivity contribution is 0.747. The summed E-state index contributed by atoms with van der Waals surface area (Å²) in [6.45, 7) is 0. The first-order valence-electron chi connectivity index (χ1n) is 5.40. The lowest BCUT2D eigenvalue weighted by atomic mass is 10.7. The fraction of sp³-hybridized carbons (Fsp3) is 0.100. The Hall–Kier alpha value is -2.04. The van der Waals surface area contributed by atoms with E-state index in [2.05, 4.69) is 53.1 Å². The summed E-state index contributed by atoms with van der Waals surface area (Å²) in [5, 5.41) is 11.2. The van der Waals surface area contributed by atoms with E-state index in [0.29, 0.717) is 17.8 Å². The van der Waals surface area contributed by atoms with Crippen molar-refractivity contribution in [2.75, 3.05) is 12.4 Å². The first-order valence-corrected chi connectivity index (χ1v) is 6.48. The van der Waals surface area contributed by atoms with Crippen LogP contribution in [0.25, 0.3) is 11.9 Å². The Balaban J connectivity index is 2.12.